The third kappa shape index (κ3) is 4.78. The maximum absolute atomic E-state index is 12.1. The Bertz CT molecular complexity index is 324. The van der Waals surface area contributed by atoms with Gasteiger partial charge in [0, 0.05) is 26.2 Å². The molecule has 0 aromatic rings. The van der Waals surface area contributed by atoms with Crippen LogP contribution < -0.4 is 5.73 Å². The van der Waals surface area contributed by atoms with Crippen LogP contribution in [0.5, 0.6) is 0 Å². The van der Waals surface area contributed by atoms with Crippen molar-refractivity contribution >= 4 is 11.7 Å². The zero-order valence-electron chi connectivity index (χ0n) is 9.65. The zero-order valence-corrected chi connectivity index (χ0v) is 9.65. The largest absolute Gasteiger partial charge is 0.409 e. The minimum absolute atomic E-state index is 0.168. The second-order valence-electron chi connectivity index (χ2n) is 4.04. The van der Waals surface area contributed by atoms with Crippen LogP contribution in [0.25, 0.3) is 0 Å². The first-order chi connectivity index (χ1) is 8.31. The fourth-order valence-electron chi connectivity index (χ4n) is 1.71. The van der Waals surface area contributed by atoms with E-state index in [1.54, 1.807) is 0 Å². The van der Waals surface area contributed by atoms with Crippen LogP contribution in [0.1, 0.15) is 6.42 Å². The molecule has 0 spiro atoms. The van der Waals surface area contributed by atoms with Gasteiger partial charge in [-0.25, -0.2) is 0 Å². The molecule has 0 atom stereocenters. The normalized spacial score (nSPS) is 19.1. The number of nitrogens with zero attached hydrogens (tertiary/aromatic N) is 3. The van der Waals surface area contributed by atoms with Gasteiger partial charge in [0.2, 0.25) is 5.91 Å². The first kappa shape index (κ1) is 14.6. The molecule has 0 saturated carbocycles. The summed E-state index contributed by atoms with van der Waals surface area (Å²) in [5.74, 6) is -0.560. The molecule has 0 aliphatic carbocycles. The van der Waals surface area contributed by atoms with Gasteiger partial charge in [-0.15, -0.1) is 0 Å². The molecule has 3 N–H and O–H groups in total. The highest BCUT2D eigenvalue weighted by Crippen LogP contribution is 2.17. The van der Waals surface area contributed by atoms with Crippen LogP contribution >= 0.6 is 0 Å². The Labute approximate surface area is 102 Å². The third-order valence-electron chi connectivity index (χ3n) is 2.59. The van der Waals surface area contributed by atoms with E-state index in [9.17, 15) is 18.0 Å². The van der Waals surface area contributed by atoms with Crippen molar-refractivity contribution in [1.82, 2.24) is 9.80 Å². The summed E-state index contributed by atoms with van der Waals surface area (Å²) in [4.78, 5) is 14.2. The summed E-state index contributed by atoms with van der Waals surface area (Å²) in [5, 5.41) is 11.0. The summed E-state index contributed by atoms with van der Waals surface area (Å²) in [5.41, 5.74) is 5.18. The lowest BCUT2D eigenvalue weighted by molar-refractivity contribution is -0.151. The number of nitrogens with two attached hydrogens (primary N) is 1. The topological polar surface area (TPSA) is 82.2 Å². The standard InChI is InChI=1S/C9H15F3N4O2/c10-9(11,12)6-15-1-3-16(4-2-15)8(17)5-7(13)14-18/h18H,1-6H2,(H2,13,14). The van der Waals surface area contributed by atoms with Gasteiger partial charge < -0.3 is 15.8 Å². The molecule has 1 fully saturated rings. The Balaban J connectivity index is 2.37. The average molecular weight is 268 g/mol. The van der Waals surface area contributed by atoms with Gasteiger partial charge in [0.1, 0.15) is 5.84 Å². The van der Waals surface area contributed by atoms with Gasteiger partial charge in [0.15, 0.2) is 0 Å². The van der Waals surface area contributed by atoms with Gasteiger partial charge >= 0.3 is 6.18 Å². The monoisotopic (exact) mass is 268 g/mol. The fraction of sp³-hybridized carbons (Fsp3) is 0.778. The summed E-state index contributed by atoms with van der Waals surface area (Å²) < 4.78 is 36.4. The molecule has 1 saturated heterocycles. The zero-order chi connectivity index (χ0) is 13.8. The van der Waals surface area contributed by atoms with Crippen molar-refractivity contribution in [1.29, 1.82) is 0 Å². The first-order valence-corrected chi connectivity index (χ1v) is 5.35. The number of piperazine rings is 1. The fourth-order valence-corrected chi connectivity index (χ4v) is 1.71. The lowest BCUT2D eigenvalue weighted by Crippen LogP contribution is -2.51. The predicted molar refractivity (Wildman–Crippen MR) is 57.1 cm³/mol. The van der Waals surface area contributed by atoms with Gasteiger partial charge in [-0.05, 0) is 0 Å². The quantitative estimate of drug-likeness (QED) is 0.322. The van der Waals surface area contributed by atoms with Gasteiger partial charge in [-0.2, -0.15) is 13.2 Å². The molecule has 0 unspecified atom stereocenters. The number of amides is 1. The number of hydrogen-bond acceptors (Lipinski definition) is 4. The van der Waals surface area contributed by atoms with Crippen molar-refractivity contribution in [2.24, 2.45) is 10.9 Å². The van der Waals surface area contributed by atoms with E-state index in [1.165, 1.54) is 9.80 Å². The van der Waals surface area contributed by atoms with Crippen LogP contribution in [0, 0.1) is 0 Å². The molecule has 0 radical (unpaired) electrons. The minimum atomic E-state index is -4.22. The van der Waals surface area contributed by atoms with Gasteiger partial charge in [0.25, 0.3) is 0 Å². The molecule has 0 aromatic carbocycles. The van der Waals surface area contributed by atoms with Gasteiger partial charge in [-0.3, -0.25) is 9.69 Å². The van der Waals surface area contributed by atoms with Crippen molar-refractivity contribution in [2.75, 3.05) is 32.7 Å². The van der Waals surface area contributed by atoms with E-state index in [0.717, 1.165) is 0 Å². The molecule has 1 heterocycles. The molecule has 104 valence electrons. The van der Waals surface area contributed by atoms with Crippen LogP contribution in [0.3, 0.4) is 0 Å². The SMILES string of the molecule is NC(CC(=O)N1CCN(CC(F)(F)F)CC1)=NO. The highest BCUT2D eigenvalue weighted by atomic mass is 19.4. The number of halogens is 3. The Kier molecular flexibility index (Phi) is 4.76. The molecule has 9 heteroatoms. The molecule has 18 heavy (non-hydrogen) atoms. The maximum Gasteiger partial charge on any atom is 0.401 e. The molecule has 1 amide bonds. The van der Waals surface area contributed by atoms with Crippen molar-refractivity contribution in [2.45, 2.75) is 12.6 Å². The van der Waals surface area contributed by atoms with Gasteiger partial charge in [-0.1, -0.05) is 5.16 Å². The first-order valence-electron chi connectivity index (χ1n) is 5.35. The summed E-state index contributed by atoms with van der Waals surface area (Å²) >= 11 is 0. The molecule has 0 bridgehead atoms. The third-order valence-corrected chi connectivity index (χ3v) is 2.59. The Morgan fingerprint density at radius 1 is 1.28 bits per heavy atom. The molecular formula is C9H15F3N4O2. The van der Waals surface area contributed by atoms with Crippen molar-refractivity contribution < 1.29 is 23.2 Å². The average Bonchev–Trinajstić information content (AvgIpc) is 2.27. The van der Waals surface area contributed by atoms with Crippen LogP contribution in [0.15, 0.2) is 5.16 Å². The highest BCUT2D eigenvalue weighted by molar-refractivity contribution is 5.98. The number of oxime groups is 1. The predicted octanol–water partition coefficient (Wildman–Crippen LogP) is -0.171. The van der Waals surface area contributed by atoms with E-state index in [4.69, 9.17) is 10.9 Å². The van der Waals surface area contributed by atoms with Crippen LogP contribution in [-0.4, -0.2) is 65.6 Å². The Morgan fingerprint density at radius 2 is 1.83 bits per heavy atom. The molecular weight excluding hydrogens is 253 g/mol. The van der Waals surface area contributed by atoms with Crippen molar-refractivity contribution in [3.63, 3.8) is 0 Å². The number of rotatable bonds is 3. The Morgan fingerprint density at radius 3 is 2.28 bits per heavy atom. The molecule has 6 nitrogen and oxygen atoms in total. The number of alkyl halides is 3. The van der Waals surface area contributed by atoms with E-state index < -0.39 is 12.7 Å². The number of carbonyl (C=O) groups is 1. The second-order valence-corrected chi connectivity index (χ2v) is 4.04. The molecule has 1 aliphatic rings. The number of carbonyl (C=O) groups excluding carboxylic acids is 1. The molecule has 0 aromatic heterocycles. The van der Waals surface area contributed by atoms with E-state index in [2.05, 4.69) is 5.16 Å². The smallest absolute Gasteiger partial charge is 0.401 e. The maximum atomic E-state index is 12.1. The van der Waals surface area contributed by atoms with Crippen LogP contribution in [0.2, 0.25) is 0 Å². The second kappa shape index (κ2) is 5.89. The minimum Gasteiger partial charge on any atom is -0.409 e. The van der Waals surface area contributed by atoms with Crippen LogP contribution in [-0.2, 0) is 4.79 Å². The molecule has 1 aliphatic heterocycles. The summed E-state index contributed by atoms with van der Waals surface area (Å²) in [6.45, 7) is -0.195. The Hall–Kier alpha value is -1.51. The highest BCUT2D eigenvalue weighted by Gasteiger charge is 2.32. The summed E-state index contributed by atoms with van der Waals surface area (Å²) in [6.07, 6.45) is -4.45. The number of amidine groups is 1. The van der Waals surface area contributed by atoms with Crippen LogP contribution in [0.4, 0.5) is 13.2 Å². The molecule has 1 rings (SSSR count). The van der Waals surface area contributed by atoms with Crippen molar-refractivity contribution in [3.05, 3.63) is 0 Å². The van der Waals surface area contributed by atoms with E-state index in [1.807, 2.05) is 0 Å². The van der Waals surface area contributed by atoms with E-state index >= 15 is 0 Å². The van der Waals surface area contributed by atoms with Gasteiger partial charge in [0.05, 0.1) is 13.0 Å². The lowest BCUT2D eigenvalue weighted by atomic mass is 10.2. The van der Waals surface area contributed by atoms with Crippen molar-refractivity contribution in [3.8, 4) is 0 Å². The number of hydrogen-bond donors (Lipinski definition) is 2. The summed E-state index contributed by atoms with van der Waals surface area (Å²) in [6, 6.07) is 0. The van der Waals surface area contributed by atoms with E-state index in [0.29, 0.717) is 0 Å². The lowest BCUT2D eigenvalue weighted by Gasteiger charge is -2.34. The summed E-state index contributed by atoms with van der Waals surface area (Å²) in [7, 11) is 0. The van der Waals surface area contributed by atoms with E-state index in [-0.39, 0.29) is 44.3 Å².